The number of aryl methyl sites for hydroxylation is 2. The molecule has 0 fully saturated rings. The zero-order chi connectivity index (χ0) is 18.5. The highest BCUT2D eigenvalue weighted by Crippen LogP contribution is 2.21. The van der Waals surface area contributed by atoms with E-state index in [0.717, 1.165) is 16.9 Å². The van der Waals surface area contributed by atoms with E-state index in [0.29, 0.717) is 22.5 Å². The van der Waals surface area contributed by atoms with Crippen LogP contribution in [0.5, 0.6) is 0 Å². The number of benzene rings is 2. The van der Waals surface area contributed by atoms with Gasteiger partial charge in [-0.25, -0.2) is 5.10 Å². The molecule has 0 aliphatic heterocycles. The number of carbonyl (C=O) groups excluding carboxylic acids is 1. The number of amides is 1. The summed E-state index contributed by atoms with van der Waals surface area (Å²) in [5, 5.41) is 10.9. The van der Waals surface area contributed by atoms with Gasteiger partial charge in [0.2, 0.25) is 17.0 Å². The fourth-order valence-corrected chi connectivity index (χ4v) is 3.25. The molecular formula is C19H19ClN4OS. The van der Waals surface area contributed by atoms with Crippen LogP contribution >= 0.6 is 23.4 Å². The van der Waals surface area contributed by atoms with Crippen molar-refractivity contribution >= 4 is 35.2 Å². The highest BCUT2D eigenvalue weighted by Gasteiger charge is 2.09. The normalized spacial score (nSPS) is 10.7. The first kappa shape index (κ1) is 18.5. The summed E-state index contributed by atoms with van der Waals surface area (Å²) in [5.74, 6) is 0.960. The monoisotopic (exact) mass is 386 g/mol. The second-order valence-electron chi connectivity index (χ2n) is 6.03. The molecule has 3 aromatic rings. The second kappa shape index (κ2) is 8.38. The highest BCUT2D eigenvalue weighted by molar-refractivity contribution is 7.98. The van der Waals surface area contributed by atoms with Crippen LogP contribution < -0.4 is 5.32 Å². The average molecular weight is 387 g/mol. The zero-order valence-electron chi connectivity index (χ0n) is 14.5. The molecule has 0 saturated heterocycles. The van der Waals surface area contributed by atoms with Gasteiger partial charge in [-0.3, -0.25) is 10.1 Å². The van der Waals surface area contributed by atoms with Crippen LogP contribution in [-0.4, -0.2) is 21.1 Å². The number of anilines is 1. The number of nitrogens with zero attached hydrogens (tertiary/aromatic N) is 2. The fourth-order valence-electron chi connectivity index (χ4n) is 2.37. The molecule has 0 unspecified atom stereocenters. The summed E-state index contributed by atoms with van der Waals surface area (Å²) >= 11 is 7.37. The Balaban J connectivity index is 1.53. The van der Waals surface area contributed by atoms with Crippen LogP contribution in [0.1, 0.15) is 22.3 Å². The molecule has 0 aliphatic carbocycles. The molecule has 5 nitrogen and oxygen atoms in total. The largest absolute Gasteiger partial charge is 0.295 e. The summed E-state index contributed by atoms with van der Waals surface area (Å²) in [5.41, 5.74) is 4.49. The summed E-state index contributed by atoms with van der Waals surface area (Å²) in [6, 6.07) is 13.7. The Morgan fingerprint density at radius 3 is 2.58 bits per heavy atom. The molecule has 0 aliphatic rings. The van der Waals surface area contributed by atoms with Crippen molar-refractivity contribution in [3.63, 3.8) is 0 Å². The van der Waals surface area contributed by atoms with Crippen LogP contribution in [0.15, 0.2) is 47.6 Å². The third-order valence-electron chi connectivity index (χ3n) is 3.94. The number of aromatic amines is 1. The minimum absolute atomic E-state index is 0.126. The molecule has 2 aromatic carbocycles. The zero-order valence-corrected chi connectivity index (χ0v) is 16.1. The van der Waals surface area contributed by atoms with Gasteiger partial charge < -0.3 is 0 Å². The Bertz CT molecular complexity index is 908. The van der Waals surface area contributed by atoms with E-state index in [1.807, 2.05) is 49.4 Å². The first-order valence-corrected chi connectivity index (χ1v) is 9.51. The number of hydrogen-bond donors (Lipinski definition) is 2. The third kappa shape index (κ3) is 5.09. The number of carbonyl (C=O) groups is 1. The van der Waals surface area contributed by atoms with E-state index in [9.17, 15) is 4.79 Å². The van der Waals surface area contributed by atoms with Crippen molar-refractivity contribution in [1.29, 1.82) is 0 Å². The summed E-state index contributed by atoms with van der Waals surface area (Å²) < 4.78 is 0. The maximum atomic E-state index is 12.2. The lowest BCUT2D eigenvalue weighted by Gasteiger charge is -2.05. The number of aromatic nitrogens is 3. The molecule has 1 aromatic heterocycles. The molecule has 7 heteroatoms. The molecule has 0 radical (unpaired) electrons. The van der Waals surface area contributed by atoms with Gasteiger partial charge in [0.15, 0.2) is 0 Å². The minimum Gasteiger partial charge on any atom is -0.295 e. The van der Waals surface area contributed by atoms with Crippen LogP contribution in [0.2, 0.25) is 5.02 Å². The van der Waals surface area contributed by atoms with E-state index in [4.69, 9.17) is 11.6 Å². The van der Waals surface area contributed by atoms with Crippen molar-refractivity contribution in [2.75, 3.05) is 5.32 Å². The lowest BCUT2D eigenvalue weighted by Crippen LogP contribution is -2.15. The van der Waals surface area contributed by atoms with Gasteiger partial charge in [0, 0.05) is 10.8 Å². The Kier molecular flexibility index (Phi) is 5.96. The summed E-state index contributed by atoms with van der Waals surface area (Å²) in [7, 11) is 0. The topological polar surface area (TPSA) is 70.7 Å². The number of thioether (sulfide) groups is 1. The molecule has 0 spiro atoms. The second-order valence-corrected chi connectivity index (χ2v) is 7.40. The average Bonchev–Trinajstić information content (AvgIpc) is 3.05. The minimum atomic E-state index is -0.126. The van der Waals surface area contributed by atoms with E-state index in [-0.39, 0.29) is 5.91 Å². The van der Waals surface area contributed by atoms with Crippen LogP contribution in [0.3, 0.4) is 0 Å². The van der Waals surface area contributed by atoms with Gasteiger partial charge in [-0.05, 0) is 48.2 Å². The summed E-state index contributed by atoms with van der Waals surface area (Å²) in [4.78, 5) is 16.5. The van der Waals surface area contributed by atoms with Crippen LogP contribution in [0, 0.1) is 13.8 Å². The van der Waals surface area contributed by atoms with E-state index in [1.165, 1.54) is 22.9 Å². The van der Waals surface area contributed by atoms with Crippen molar-refractivity contribution in [2.24, 2.45) is 0 Å². The quantitative estimate of drug-likeness (QED) is 0.610. The molecule has 1 heterocycles. The van der Waals surface area contributed by atoms with Crippen molar-refractivity contribution in [2.45, 2.75) is 31.2 Å². The van der Waals surface area contributed by atoms with Gasteiger partial charge in [0.1, 0.15) is 0 Å². The predicted octanol–water partition coefficient (Wildman–Crippen LogP) is 4.55. The first-order valence-electron chi connectivity index (χ1n) is 8.15. The number of halogens is 1. The molecule has 0 atom stereocenters. The smallest absolute Gasteiger partial charge is 0.231 e. The van der Waals surface area contributed by atoms with Crippen LogP contribution in [0.25, 0.3) is 0 Å². The molecule has 0 bridgehead atoms. The van der Waals surface area contributed by atoms with E-state index in [2.05, 4.69) is 27.4 Å². The Hall–Kier alpha value is -2.31. The van der Waals surface area contributed by atoms with Gasteiger partial charge in [-0.2, -0.15) is 4.98 Å². The van der Waals surface area contributed by atoms with E-state index < -0.39 is 0 Å². The van der Waals surface area contributed by atoms with Crippen molar-refractivity contribution in [3.8, 4) is 0 Å². The maximum Gasteiger partial charge on any atom is 0.231 e. The highest BCUT2D eigenvalue weighted by atomic mass is 35.5. The Morgan fingerprint density at radius 2 is 1.85 bits per heavy atom. The number of H-pyrrole nitrogens is 1. The van der Waals surface area contributed by atoms with Crippen LogP contribution in [0.4, 0.5) is 5.95 Å². The molecule has 26 heavy (non-hydrogen) atoms. The SMILES string of the molecule is Cc1ccc(CC(=O)Nc2nc(SCc3ccc(Cl)cc3)n[nH]2)cc1C. The number of rotatable bonds is 6. The molecule has 0 saturated carbocycles. The molecule has 134 valence electrons. The molecule has 2 N–H and O–H groups in total. The standard InChI is InChI=1S/C19H19ClN4OS/c1-12-3-4-15(9-13(12)2)10-17(25)21-18-22-19(24-23-18)26-11-14-5-7-16(20)8-6-14/h3-9H,10-11H2,1-2H3,(H2,21,22,23,24,25). The van der Waals surface area contributed by atoms with E-state index >= 15 is 0 Å². The number of hydrogen-bond acceptors (Lipinski definition) is 4. The van der Waals surface area contributed by atoms with Gasteiger partial charge in [0.25, 0.3) is 0 Å². The maximum absolute atomic E-state index is 12.2. The predicted molar refractivity (Wildman–Crippen MR) is 106 cm³/mol. The van der Waals surface area contributed by atoms with Gasteiger partial charge in [-0.1, -0.05) is 53.7 Å². The van der Waals surface area contributed by atoms with Crippen molar-refractivity contribution < 1.29 is 4.79 Å². The Labute approximate surface area is 161 Å². The van der Waals surface area contributed by atoms with Crippen LogP contribution in [-0.2, 0) is 17.0 Å². The lowest BCUT2D eigenvalue weighted by molar-refractivity contribution is -0.115. The molecular weight excluding hydrogens is 368 g/mol. The molecule has 3 rings (SSSR count). The fraction of sp³-hybridized carbons (Fsp3) is 0.211. The van der Waals surface area contributed by atoms with Gasteiger partial charge in [0.05, 0.1) is 6.42 Å². The molecule has 1 amide bonds. The lowest BCUT2D eigenvalue weighted by atomic mass is 10.0. The summed E-state index contributed by atoms with van der Waals surface area (Å²) in [6.45, 7) is 4.09. The van der Waals surface area contributed by atoms with Gasteiger partial charge >= 0.3 is 0 Å². The van der Waals surface area contributed by atoms with Gasteiger partial charge in [-0.15, -0.1) is 5.10 Å². The van der Waals surface area contributed by atoms with Crippen molar-refractivity contribution in [1.82, 2.24) is 15.2 Å². The van der Waals surface area contributed by atoms with Crippen molar-refractivity contribution in [3.05, 3.63) is 69.7 Å². The Morgan fingerprint density at radius 1 is 1.12 bits per heavy atom. The first-order chi connectivity index (χ1) is 12.5. The number of nitrogens with one attached hydrogen (secondary N) is 2. The summed E-state index contributed by atoms with van der Waals surface area (Å²) in [6.07, 6.45) is 0.301. The van der Waals surface area contributed by atoms with E-state index in [1.54, 1.807) is 0 Å². The third-order valence-corrected chi connectivity index (χ3v) is 5.11.